The van der Waals surface area contributed by atoms with E-state index in [1.165, 1.54) is 0 Å². The van der Waals surface area contributed by atoms with Crippen LogP contribution in [0.3, 0.4) is 0 Å². The van der Waals surface area contributed by atoms with E-state index in [4.69, 9.17) is 4.42 Å². The van der Waals surface area contributed by atoms with Gasteiger partial charge in [-0.1, -0.05) is 18.2 Å². The Labute approximate surface area is 113 Å². The van der Waals surface area contributed by atoms with Gasteiger partial charge in [0, 0.05) is 31.0 Å². The molecule has 0 aliphatic heterocycles. The number of rotatable bonds is 6. The van der Waals surface area contributed by atoms with Crippen molar-refractivity contribution in [3.8, 4) is 0 Å². The molecule has 0 fully saturated rings. The second kappa shape index (κ2) is 6.38. The number of hydrogen-bond acceptors (Lipinski definition) is 3. The molecule has 0 saturated carbocycles. The van der Waals surface area contributed by atoms with Crippen molar-refractivity contribution in [2.45, 2.75) is 19.4 Å². The topological polar surface area (TPSA) is 45.5 Å². The van der Waals surface area contributed by atoms with Gasteiger partial charge in [0.2, 0.25) is 5.91 Å². The van der Waals surface area contributed by atoms with Crippen molar-refractivity contribution >= 4 is 16.9 Å². The quantitative estimate of drug-likeness (QED) is 0.811. The SMILES string of the molecule is CNCCCC(=O)N(C)Cc1coc2ccccc12. The number of carbonyl (C=O) groups is 1. The lowest BCUT2D eigenvalue weighted by molar-refractivity contribution is -0.130. The summed E-state index contributed by atoms with van der Waals surface area (Å²) < 4.78 is 5.48. The van der Waals surface area contributed by atoms with E-state index in [9.17, 15) is 4.79 Å². The van der Waals surface area contributed by atoms with Gasteiger partial charge in [-0.15, -0.1) is 0 Å². The summed E-state index contributed by atoms with van der Waals surface area (Å²) in [6, 6.07) is 7.89. The smallest absolute Gasteiger partial charge is 0.222 e. The van der Waals surface area contributed by atoms with Crippen molar-refractivity contribution in [2.24, 2.45) is 0 Å². The van der Waals surface area contributed by atoms with Crippen LogP contribution in [0.15, 0.2) is 34.9 Å². The number of benzene rings is 1. The molecule has 2 rings (SSSR count). The Balaban J connectivity index is 1.98. The fraction of sp³-hybridized carbons (Fsp3) is 0.400. The molecule has 102 valence electrons. The van der Waals surface area contributed by atoms with Gasteiger partial charge in [0.05, 0.1) is 6.26 Å². The Hall–Kier alpha value is -1.81. The summed E-state index contributed by atoms with van der Waals surface area (Å²) in [5.74, 6) is 0.167. The first-order chi connectivity index (χ1) is 9.22. The van der Waals surface area contributed by atoms with E-state index in [1.807, 2.05) is 38.4 Å². The van der Waals surface area contributed by atoms with E-state index in [-0.39, 0.29) is 5.91 Å². The highest BCUT2D eigenvalue weighted by Crippen LogP contribution is 2.21. The average Bonchev–Trinajstić information content (AvgIpc) is 2.82. The average molecular weight is 260 g/mol. The van der Waals surface area contributed by atoms with Gasteiger partial charge in [0.25, 0.3) is 0 Å². The van der Waals surface area contributed by atoms with Gasteiger partial charge in [0.15, 0.2) is 0 Å². The van der Waals surface area contributed by atoms with Crippen LogP contribution in [0.2, 0.25) is 0 Å². The highest BCUT2D eigenvalue weighted by atomic mass is 16.3. The summed E-state index contributed by atoms with van der Waals surface area (Å²) in [6.07, 6.45) is 3.18. The van der Waals surface area contributed by atoms with E-state index in [0.717, 1.165) is 29.5 Å². The monoisotopic (exact) mass is 260 g/mol. The molecule has 1 aromatic carbocycles. The number of furan rings is 1. The number of carbonyl (C=O) groups excluding carboxylic acids is 1. The minimum Gasteiger partial charge on any atom is -0.464 e. The Kier molecular flexibility index (Phi) is 4.58. The normalized spacial score (nSPS) is 10.8. The molecule has 19 heavy (non-hydrogen) atoms. The van der Waals surface area contributed by atoms with Gasteiger partial charge in [0.1, 0.15) is 5.58 Å². The van der Waals surface area contributed by atoms with Gasteiger partial charge in [-0.3, -0.25) is 4.79 Å². The molecule has 1 amide bonds. The molecule has 0 radical (unpaired) electrons. The molecule has 0 unspecified atom stereocenters. The van der Waals surface area contributed by atoms with Crippen LogP contribution < -0.4 is 5.32 Å². The lowest BCUT2D eigenvalue weighted by atomic mass is 10.1. The highest BCUT2D eigenvalue weighted by molar-refractivity contribution is 5.82. The molecule has 0 bridgehead atoms. The molecule has 1 N–H and O–H groups in total. The van der Waals surface area contributed by atoms with Crippen LogP contribution in [0.5, 0.6) is 0 Å². The van der Waals surface area contributed by atoms with Crippen LogP contribution in [0.4, 0.5) is 0 Å². The maximum Gasteiger partial charge on any atom is 0.222 e. The van der Waals surface area contributed by atoms with Crippen LogP contribution >= 0.6 is 0 Å². The molecule has 0 atom stereocenters. The van der Waals surface area contributed by atoms with Gasteiger partial charge >= 0.3 is 0 Å². The Morgan fingerprint density at radius 3 is 2.95 bits per heavy atom. The summed E-state index contributed by atoms with van der Waals surface area (Å²) >= 11 is 0. The second-order valence-corrected chi connectivity index (χ2v) is 4.71. The van der Waals surface area contributed by atoms with Crippen molar-refractivity contribution in [1.82, 2.24) is 10.2 Å². The maximum absolute atomic E-state index is 11.9. The van der Waals surface area contributed by atoms with E-state index < -0.39 is 0 Å². The Morgan fingerprint density at radius 1 is 1.37 bits per heavy atom. The standard InChI is InChI=1S/C15H20N2O2/c1-16-9-5-8-15(18)17(2)10-12-11-19-14-7-4-3-6-13(12)14/h3-4,6-7,11,16H,5,8-10H2,1-2H3. The van der Waals surface area contributed by atoms with Crippen LogP contribution in [0.1, 0.15) is 18.4 Å². The number of para-hydroxylation sites is 1. The van der Waals surface area contributed by atoms with Gasteiger partial charge in [-0.05, 0) is 26.1 Å². The molecular weight excluding hydrogens is 240 g/mol. The number of nitrogens with zero attached hydrogens (tertiary/aromatic N) is 1. The molecule has 0 aliphatic rings. The highest BCUT2D eigenvalue weighted by Gasteiger charge is 2.12. The van der Waals surface area contributed by atoms with E-state index in [1.54, 1.807) is 11.2 Å². The fourth-order valence-corrected chi connectivity index (χ4v) is 2.11. The number of hydrogen-bond donors (Lipinski definition) is 1. The molecule has 4 nitrogen and oxygen atoms in total. The summed E-state index contributed by atoms with van der Waals surface area (Å²) in [4.78, 5) is 13.7. The molecule has 4 heteroatoms. The van der Waals surface area contributed by atoms with Gasteiger partial charge in [-0.25, -0.2) is 0 Å². The van der Waals surface area contributed by atoms with Crippen LogP contribution in [0.25, 0.3) is 11.0 Å². The molecular formula is C15H20N2O2. The van der Waals surface area contributed by atoms with Gasteiger partial charge in [-0.2, -0.15) is 0 Å². The maximum atomic E-state index is 11.9. The fourth-order valence-electron chi connectivity index (χ4n) is 2.11. The van der Waals surface area contributed by atoms with E-state index in [2.05, 4.69) is 5.32 Å². The minimum absolute atomic E-state index is 0.167. The zero-order valence-electron chi connectivity index (χ0n) is 11.5. The summed E-state index contributed by atoms with van der Waals surface area (Å²) in [7, 11) is 3.73. The van der Waals surface area contributed by atoms with Crippen LogP contribution in [-0.2, 0) is 11.3 Å². The van der Waals surface area contributed by atoms with Crippen LogP contribution in [0, 0.1) is 0 Å². The first-order valence-electron chi connectivity index (χ1n) is 6.56. The third-order valence-electron chi connectivity index (χ3n) is 3.21. The predicted octanol–water partition coefficient (Wildman–Crippen LogP) is 2.39. The summed E-state index contributed by atoms with van der Waals surface area (Å²) in [5, 5.41) is 4.13. The van der Waals surface area contributed by atoms with Crippen molar-refractivity contribution < 1.29 is 9.21 Å². The summed E-state index contributed by atoms with van der Waals surface area (Å²) in [5.41, 5.74) is 1.92. The largest absolute Gasteiger partial charge is 0.464 e. The van der Waals surface area contributed by atoms with Crippen molar-refractivity contribution in [3.63, 3.8) is 0 Å². The number of nitrogens with one attached hydrogen (secondary N) is 1. The molecule has 1 heterocycles. The minimum atomic E-state index is 0.167. The Morgan fingerprint density at radius 2 is 2.16 bits per heavy atom. The lowest BCUT2D eigenvalue weighted by Crippen LogP contribution is -2.26. The predicted molar refractivity (Wildman–Crippen MR) is 75.8 cm³/mol. The third-order valence-corrected chi connectivity index (χ3v) is 3.21. The zero-order chi connectivity index (χ0) is 13.7. The summed E-state index contributed by atoms with van der Waals surface area (Å²) in [6.45, 7) is 1.46. The molecule has 0 aliphatic carbocycles. The molecule has 2 aromatic rings. The molecule has 0 spiro atoms. The first kappa shape index (κ1) is 13.6. The van der Waals surface area contributed by atoms with Crippen molar-refractivity contribution in [1.29, 1.82) is 0 Å². The van der Waals surface area contributed by atoms with Crippen LogP contribution in [-0.4, -0.2) is 31.4 Å². The van der Waals surface area contributed by atoms with E-state index in [0.29, 0.717) is 13.0 Å². The lowest BCUT2D eigenvalue weighted by Gasteiger charge is -2.16. The number of fused-ring (bicyclic) bond motifs is 1. The van der Waals surface area contributed by atoms with Gasteiger partial charge < -0.3 is 14.6 Å². The van der Waals surface area contributed by atoms with Crippen molar-refractivity contribution in [3.05, 3.63) is 36.1 Å². The van der Waals surface area contributed by atoms with Crippen molar-refractivity contribution in [2.75, 3.05) is 20.6 Å². The molecule has 0 saturated heterocycles. The second-order valence-electron chi connectivity index (χ2n) is 4.71. The molecule has 1 aromatic heterocycles. The Bertz CT molecular complexity index is 548. The van der Waals surface area contributed by atoms with E-state index >= 15 is 0 Å². The number of amides is 1. The third kappa shape index (κ3) is 3.35. The first-order valence-corrected chi connectivity index (χ1v) is 6.56. The zero-order valence-corrected chi connectivity index (χ0v) is 11.5.